The Morgan fingerprint density at radius 3 is 2.57 bits per heavy atom. The number of hydrogen-bond donors (Lipinski definition) is 3. The van der Waals surface area contributed by atoms with Gasteiger partial charge in [0.15, 0.2) is 0 Å². The van der Waals surface area contributed by atoms with E-state index in [0.29, 0.717) is 12.0 Å². The lowest BCUT2D eigenvalue weighted by Gasteiger charge is -2.18. The Labute approximate surface area is 84.2 Å². The van der Waals surface area contributed by atoms with Crippen LogP contribution in [-0.4, -0.2) is 16.3 Å². The van der Waals surface area contributed by atoms with Gasteiger partial charge in [-0.15, -0.1) is 0 Å². The van der Waals surface area contributed by atoms with Crippen molar-refractivity contribution in [1.82, 2.24) is 0 Å². The zero-order chi connectivity index (χ0) is 10.7. The summed E-state index contributed by atoms with van der Waals surface area (Å²) in [5.74, 6) is 0.157. The van der Waals surface area contributed by atoms with Crippen LogP contribution in [0.2, 0.25) is 0 Å². The van der Waals surface area contributed by atoms with Gasteiger partial charge in [-0.2, -0.15) is 0 Å². The number of phenols is 1. The first-order chi connectivity index (χ1) is 6.56. The third-order valence-corrected chi connectivity index (χ3v) is 2.38. The molecular formula is C11H17NO2. The second kappa shape index (κ2) is 4.44. The highest BCUT2D eigenvalue weighted by molar-refractivity contribution is 5.38. The van der Waals surface area contributed by atoms with Crippen LogP contribution in [0.4, 0.5) is 0 Å². The molecule has 0 unspecified atom stereocenters. The molecule has 1 aromatic carbocycles. The molecule has 0 spiro atoms. The Hall–Kier alpha value is -1.06. The van der Waals surface area contributed by atoms with Crippen LogP contribution >= 0.6 is 0 Å². The number of aliphatic hydroxyl groups is 1. The molecule has 3 heteroatoms. The molecule has 78 valence electrons. The van der Waals surface area contributed by atoms with Gasteiger partial charge >= 0.3 is 0 Å². The molecule has 0 heterocycles. The number of rotatable bonds is 3. The smallest absolute Gasteiger partial charge is 0.120 e. The molecule has 4 N–H and O–H groups in total. The third-order valence-electron chi connectivity index (χ3n) is 2.38. The minimum Gasteiger partial charge on any atom is -0.508 e. The van der Waals surface area contributed by atoms with E-state index in [0.717, 1.165) is 5.56 Å². The molecule has 1 rings (SSSR count). The van der Waals surface area contributed by atoms with Gasteiger partial charge in [0.1, 0.15) is 5.75 Å². The number of benzene rings is 1. The first kappa shape index (κ1) is 11.0. The summed E-state index contributed by atoms with van der Waals surface area (Å²) in [5.41, 5.74) is 7.37. The van der Waals surface area contributed by atoms with Crippen LogP contribution in [0.3, 0.4) is 0 Å². The molecule has 0 amide bonds. The van der Waals surface area contributed by atoms with E-state index >= 15 is 0 Å². The summed E-state index contributed by atoms with van der Waals surface area (Å²) in [6.45, 7) is 3.75. The molecule has 0 radical (unpaired) electrons. The Morgan fingerprint density at radius 1 is 1.43 bits per heavy atom. The lowest BCUT2D eigenvalue weighted by molar-refractivity contribution is 0.139. The zero-order valence-corrected chi connectivity index (χ0v) is 8.57. The predicted molar refractivity (Wildman–Crippen MR) is 56.1 cm³/mol. The van der Waals surface area contributed by atoms with Crippen molar-refractivity contribution < 1.29 is 10.2 Å². The van der Waals surface area contributed by atoms with Gasteiger partial charge in [-0.3, -0.25) is 0 Å². The first-order valence-corrected chi connectivity index (χ1v) is 4.79. The fourth-order valence-electron chi connectivity index (χ4n) is 1.40. The van der Waals surface area contributed by atoms with Crippen LogP contribution in [-0.2, 0) is 0 Å². The maximum atomic E-state index is 9.62. The number of aromatic hydroxyl groups is 1. The van der Waals surface area contributed by atoms with E-state index < -0.39 is 12.1 Å². The number of phenolic OH excluding ortho intramolecular Hbond substituents is 1. The minimum absolute atomic E-state index is 0.157. The highest BCUT2D eigenvalue weighted by atomic mass is 16.3. The summed E-state index contributed by atoms with van der Waals surface area (Å²) in [4.78, 5) is 0. The molecule has 0 aliphatic heterocycles. The van der Waals surface area contributed by atoms with Gasteiger partial charge in [-0.25, -0.2) is 0 Å². The van der Waals surface area contributed by atoms with Crippen molar-refractivity contribution >= 4 is 0 Å². The average Bonchev–Trinajstić information content (AvgIpc) is 2.15. The molecule has 0 saturated heterocycles. The zero-order valence-electron chi connectivity index (χ0n) is 8.57. The van der Waals surface area contributed by atoms with Crippen LogP contribution in [0.25, 0.3) is 0 Å². The Balaban J connectivity index is 2.95. The standard InChI is InChI=1S/C11H17NO2/c1-3-9(13)11(12)8-5-4-7(2)6-10(8)14/h4-6,9,11,13-14H,3,12H2,1-2H3/t9-,11+/m0/s1. The summed E-state index contributed by atoms with van der Waals surface area (Å²) in [6, 6.07) is 4.77. The quantitative estimate of drug-likeness (QED) is 0.684. The Kier molecular flexibility index (Phi) is 3.49. The topological polar surface area (TPSA) is 66.5 Å². The lowest BCUT2D eigenvalue weighted by Crippen LogP contribution is -2.25. The summed E-state index contributed by atoms with van der Waals surface area (Å²) in [7, 11) is 0. The molecule has 0 saturated carbocycles. The molecule has 2 atom stereocenters. The Morgan fingerprint density at radius 2 is 2.07 bits per heavy atom. The lowest BCUT2D eigenvalue weighted by atomic mass is 9.98. The van der Waals surface area contributed by atoms with E-state index in [2.05, 4.69) is 0 Å². The van der Waals surface area contributed by atoms with E-state index in [1.54, 1.807) is 12.1 Å². The molecule has 0 fully saturated rings. The number of nitrogens with two attached hydrogens (primary N) is 1. The van der Waals surface area contributed by atoms with Gasteiger partial charge in [0.05, 0.1) is 12.1 Å². The molecule has 3 nitrogen and oxygen atoms in total. The van der Waals surface area contributed by atoms with E-state index in [1.165, 1.54) is 0 Å². The number of hydrogen-bond acceptors (Lipinski definition) is 3. The van der Waals surface area contributed by atoms with Crippen molar-refractivity contribution in [2.75, 3.05) is 0 Å². The summed E-state index contributed by atoms with van der Waals surface area (Å²) >= 11 is 0. The SMILES string of the molecule is CC[C@H](O)[C@H](N)c1ccc(C)cc1O. The largest absolute Gasteiger partial charge is 0.508 e. The fraction of sp³-hybridized carbons (Fsp3) is 0.455. The van der Waals surface area contributed by atoms with Crippen molar-refractivity contribution in [3.05, 3.63) is 29.3 Å². The average molecular weight is 195 g/mol. The molecular weight excluding hydrogens is 178 g/mol. The molecule has 1 aromatic rings. The van der Waals surface area contributed by atoms with Crippen LogP contribution in [0.1, 0.15) is 30.5 Å². The third kappa shape index (κ3) is 2.25. The van der Waals surface area contributed by atoms with Gasteiger partial charge in [-0.1, -0.05) is 19.1 Å². The number of aliphatic hydroxyl groups excluding tert-OH is 1. The monoisotopic (exact) mass is 195 g/mol. The van der Waals surface area contributed by atoms with Gasteiger partial charge in [-0.05, 0) is 25.0 Å². The van der Waals surface area contributed by atoms with Crippen LogP contribution in [0.15, 0.2) is 18.2 Å². The van der Waals surface area contributed by atoms with E-state index in [9.17, 15) is 10.2 Å². The second-order valence-corrected chi connectivity index (χ2v) is 3.56. The van der Waals surface area contributed by atoms with Gasteiger partial charge < -0.3 is 15.9 Å². The minimum atomic E-state index is -0.608. The van der Waals surface area contributed by atoms with E-state index in [1.807, 2.05) is 19.9 Å². The van der Waals surface area contributed by atoms with E-state index in [4.69, 9.17) is 5.73 Å². The van der Waals surface area contributed by atoms with Crippen LogP contribution < -0.4 is 5.73 Å². The van der Waals surface area contributed by atoms with Crippen molar-refractivity contribution in [2.45, 2.75) is 32.4 Å². The summed E-state index contributed by atoms with van der Waals surface area (Å²) < 4.78 is 0. The summed E-state index contributed by atoms with van der Waals surface area (Å²) in [5, 5.41) is 19.2. The predicted octanol–water partition coefficient (Wildman–Crippen LogP) is 1.47. The van der Waals surface area contributed by atoms with Crippen LogP contribution in [0, 0.1) is 6.92 Å². The maximum Gasteiger partial charge on any atom is 0.120 e. The molecule has 0 aromatic heterocycles. The van der Waals surface area contributed by atoms with Gasteiger partial charge in [0, 0.05) is 5.56 Å². The van der Waals surface area contributed by atoms with E-state index in [-0.39, 0.29) is 5.75 Å². The number of aryl methyl sites for hydroxylation is 1. The molecule has 0 aliphatic rings. The van der Waals surface area contributed by atoms with Crippen molar-refractivity contribution in [2.24, 2.45) is 5.73 Å². The van der Waals surface area contributed by atoms with Crippen molar-refractivity contribution in [1.29, 1.82) is 0 Å². The van der Waals surface area contributed by atoms with Crippen LogP contribution in [0.5, 0.6) is 5.75 Å². The van der Waals surface area contributed by atoms with Gasteiger partial charge in [0.25, 0.3) is 0 Å². The second-order valence-electron chi connectivity index (χ2n) is 3.56. The fourth-order valence-corrected chi connectivity index (χ4v) is 1.40. The highest BCUT2D eigenvalue weighted by Crippen LogP contribution is 2.26. The Bertz CT molecular complexity index is 312. The highest BCUT2D eigenvalue weighted by Gasteiger charge is 2.17. The van der Waals surface area contributed by atoms with Crippen molar-refractivity contribution in [3.63, 3.8) is 0 Å². The first-order valence-electron chi connectivity index (χ1n) is 4.79. The normalized spacial score (nSPS) is 15.1. The molecule has 14 heavy (non-hydrogen) atoms. The van der Waals surface area contributed by atoms with Gasteiger partial charge in [0.2, 0.25) is 0 Å². The molecule has 0 bridgehead atoms. The summed E-state index contributed by atoms with van der Waals surface area (Å²) in [6.07, 6.45) is -0.0299. The molecule has 0 aliphatic carbocycles. The maximum absolute atomic E-state index is 9.62. The van der Waals surface area contributed by atoms with Crippen molar-refractivity contribution in [3.8, 4) is 5.75 Å².